The Morgan fingerprint density at radius 2 is 1.62 bits per heavy atom. The van der Waals surface area contributed by atoms with Gasteiger partial charge in [0.05, 0.1) is 0 Å². The van der Waals surface area contributed by atoms with E-state index in [0.29, 0.717) is 30.3 Å². The Hall–Kier alpha value is -2.20. The number of carbonyl (C=O) groups is 2. The Bertz CT molecular complexity index is 699. The van der Waals surface area contributed by atoms with E-state index in [1.54, 1.807) is 0 Å². The minimum Gasteiger partial charge on any atom is -0.312 e. The van der Waals surface area contributed by atoms with Crippen molar-refractivity contribution in [2.45, 2.75) is 18.9 Å². The average Bonchev–Trinajstić information content (AvgIpc) is 3.32. The first kappa shape index (κ1) is 12.5. The zero-order valence-electron chi connectivity index (χ0n) is 11.6. The van der Waals surface area contributed by atoms with Crippen molar-refractivity contribution >= 4 is 22.6 Å². The summed E-state index contributed by atoms with van der Waals surface area (Å²) in [6.45, 7) is 1.10. The highest BCUT2D eigenvalue weighted by Gasteiger charge is 2.32. The zero-order chi connectivity index (χ0) is 14.4. The van der Waals surface area contributed by atoms with Crippen LogP contribution in [0.3, 0.4) is 0 Å². The first-order valence-corrected chi connectivity index (χ1v) is 7.37. The van der Waals surface area contributed by atoms with Gasteiger partial charge in [-0.3, -0.25) is 14.5 Å². The molecule has 4 rings (SSSR count). The van der Waals surface area contributed by atoms with Crippen molar-refractivity contribution in [1.82, 2.24) is 10.2 Å². The molecule has 1 fully saturated rings. The van der Waals surface area contributed by atoms with Gasteiger partial charge in [0.1, 0.15) is 0 Å². The minimum absolute atomic E-state index is 0.179. The lowest BCUT2D eigenvalue weighted by Gasteiger charge is -2.27. The second-order valence-corrected chi connectivity index (χ2v) is 5.70. The van der Waals surface area contributed by atoms with Gasteiger partial charge in [-0.05, 0) is 30.4 Å². The summed E-state index contributed by atoms with van der Waals surface area (Å²) in [5, 5.41) is 5.09. The summed E-state index contributed by atoms with van der Waals surface area (Å²) in [6.07, 6.45) is 2.40. The molecule has 0 bridgehead atoms. The molecule has 1 heterocycles. The summed E-state index contributed by atoms with van der Waals surface area (Å²) in [5.41, 5.74) is 1.27. The molecular weight excluding hydrogens is 264 g/mol. The van der Waals surface area contributed by atoms with E-state index in [1.807, 2.05) is 36.4 Å². The van der Waals surface area contributed by atoms with Crippen LogP contribution in [-0.4, -0.2) is 35.8 Å². The van der Waals surface area contributed by atoms with Crippen LogP contribution < -0.4 is 5.32 Å². The Morgan fingerprint density at radius 3 is 2.19 bits per heavy atom. The third-order valence-corrected chi connectivity index (χ3v) is 4.20. The number of nitrogens with one attached hydrogen (secondary N) is 1. The van der Waals surface area contributed by atoms with Gasteiger partial charge in [-0.2, -0.15) is 0 Å². The van der Waals surface area contributed by atoms with Gasteiger partial charge in [0.15, 0.2) is 0 Å². The van der Waals surface area contributed by atoms with E-state index >= 15 is 0 Å². The van der Waals surface area contributed by atoms with Crippen LogP contribution in [0.1, 0.15) is 33.6 Å². The summed E-state index contributed by atoms with van der Waals surface area (Å²) in [5.74, 6) is -0.358. The third kappa shape index (κ3) is 2.03. The molecule has 2 aromatic carbocycles. The zero-order valence-corrected chi connectivity index (χ0v) is 11.6. The Balaban J connectivity index is 1.70. The van der Waals surface area contributed by atoms with Gasteiger partial charge < -0.3 is 5.32 Å². The molecule has 0 aromatic heterocycles. The number of imide groups is 1. The standard InChI is InChI=1S/C17H16N2O2/c20-16-13-5-1-3-11-4-2-6-14(15(11)13)17(21)19(16)10-9-18-12-7-8-12/h1-6,12,18H,7-10H2. The van der Waals surface area contributed by atoms with Crippen LogP contribution >= 0.6 is 0 Å². The van der Waals surface area contributed by atoms with Crippen LogP contribution in [0.25, 0.3) is 10.8 Å². The maximum absolute atomic E-state index is 12.6. The summed E-state index contributed by atoms with van der Waals surface area (Å²) >= 11 is 0. The van der Waals surface area contributed by atoms with Gasteiger partial charge in [-0.1, -0.05) is 24.3 Å². The van der Waals surface area contributed by atoms with Crippen LogP contribution in [0.2, 0.25) is 0 Å². The fraction of sp³-hybridized carbons (Fsp3) is 0.294. The minimum atomic E-state index is -0.179. The molecule has 2 aromatic rings. The lowest BCUT2D eigenvalue weighted by atomic mass is 9.94. The van der Waals surface area contributed by atoms with E-state index in [2.05, 4.69) is 5.32 Å². The summed E-state index contributed by atoms with van der Waals surface area (Å²) in [6, 6.07) is 11.8. The van der Waals surface area contributed by atoms with Crippen LogP contribution in [0.4, 0.5) is 0 Å². The monoisotopic (exact) mass is 280 g/mol. The maximum Gasteiger partial charge on any atom is 0.261 e. The van der Waals surface area contributed by atoms with E-state index in [-0.39, 0.29) is 11.8 Å². The molecule has 2 aliphatic rings. The molecule has 1 aliphatic heterocycles. The molecule has 0 spiro atoms. The lowest BCUT2D eigenvalue weighted by molar-refractivity contribution is 0.0612. The average molecular weight is 280 g/mol. The highest BCUT2D eigenvalue weighted by atomic mass is 16.2. The molecule has 4 nitrogen and oxygen atoms in total. The topological polar surface area (TPSA) is 49.4 Å². The van der Waals surface area contributed by atoms with E-state index < -0.39 is 0 Å². The summed E-state index contributed by atoms with van der Waals surface area (Å²) in [7, 11) is 0. The highest BCUT2D eigenvalue weighted by molar-refractivity contribution is 6.25. The third-order valence-electron chi connectivity index (χ3n) is 4.20. The van der Waals surface area contributed by atoms with Gasteiger partial charge >= 0.3 is 0 Å². The Morgan fingerprint density at radius 1 is 1.00 bits per heavy atom. The van der Waals surface area contributed by atoms with Crippen molar-refractivity contribution in [1.29, 1.82) is 0 Å². The summed E-state index contributed by atoms with van der Waals surface area (Å²) < 4.78 is 0. The molecule has 1 aliphatic carbocycles. The quantitative estimate of drug-likeness (QED) is 0.873. The highest BCUT2D eigenvalue weighted by Crippen LogP contribution is 2.29. The van der Waals surface area contributed by atoms with Gasteiger partial charge in [-0.25, -0.2) is 0 Å². The van der Waals surface area contributed by atoms with Gasteiger partial charge in [0.2, 0.25) is 0 Å². The van der Waals surface area contributed by atoms with Crippen molar-refractivity contribution < 1.29 is 9.59 Å². The van der Waals surface area contributed by atoms with E-state index in [1.165, 1.54) is 17.7 Å². The van der Waals surface area contributed by atoms with Crippen molar-refractivity contribution in [2.24, 2.45) is 0 Å². The van der Waals surface area contributed by atoms with Crippen LogP contribution in [0.5, 0.6) is 0 Å². The number of rotatable bonds is 4. The smallest absolute Gasteiger partial charge is 0.261 e. The fourth-order valence-corrected chi connectivity index (χ4v) is 2.95. The molecule has 0 unspecified atom stereocenters. The lowest BCUT2D eigenvalue weighted by Crippen LogP contribution is -2.44. The molecule has 21 heavy (non-hydrogen) atoms. The second-order valence-electron chi connectivity index (χ2n) is 5.70. The molecule has 4 heteroatoms. The largest absolute Gasteiger partial charge is 0.312 e. The first-order chi connectivity index (χ1) is 10.3. The van der Waals surface area contributed by atoms with Crippen molar-refractivity contribution in [3.05, 3.63) is 47.5 Å². The molecule has 0 saturated heterocycles. The number of hydrogen-bond acceptors (Lipinski definition) is 3. The number of nitrogens with zero attached hydrogens (tertiary/aromatic N) is 1. The number of benzene rings is 2. The molecule has 1 saturated carbocycles. The maximum atomic E-state index is 12.6. The molecular formula is C17H16N2O2. The van der Waals surface area contributed by atoms with Crippen LogP contribution in [0.15, 0.2) is 36.4 Å². The summed E-state index contributed by atoms with van der Waals surface area (Å²) in [4.78, 5) is 26.5. The molecule has 0 radical (unpaired) electrons. The van der Waals surface area contributed by atoms with Crippen molar-refractivity contribution in [3.8, 4) is 0 Å². The molecule has 106 valence electrons. The van der Waals surface area contributed by atoms with Crippen LogP contribution in [0, 0.1) is 0 Å². The SMILES string of the molecule is O=C1c2cccc3cccc(c23)C(=O)N1CCNC1CC1. The number of carbonyl (C=O) groups excluding carboxylic acids is 2. The van der Waals surface area contributed by atoms with Crippen molar-refractivity contribution in [2.75, 3.05) is 13.1 Å². The predicted octanol–water partition coefficient (Wildman–Crippen LogP) is 2.19. The van der Waals surface area contributed by atoms with Gasteiger partial charge in [-0.15, -0.1) is 0 Å². The predicted molar refractivity (Wildman–Crippen MR) is 80.3 cm³/mol. The van der Waals surface area contributed by atoms with Crippen molar-refractivity contribution in [3.63, 3.8) is 0 Å². The normalized spacial score (nSPS) is 17.6. The second kappa shape index (κ2) is 4.67. The molecule has 1 N–H and O–H groups in total. The number of hydrogen-bond donors (Lipinski definition) is 1. The Kier molecular flexibility index (Phi) is 2.79. The number of amides is 2. The molecule has 0 atom stereocenters. The van der Waals surface area contributed by atoms with Gasteiger partial charge in [0.25, 0.3) is 11.8 Å². The molecule has 2 amide bonds. The van der Waals surface area contributed by atoms with E-state index in [4.69, 9.17) is 0 Å². The van der Waals surface area contributed by atoms with E-state index in [9.17, 15) is 9.59 Å². The van der Waals surface area contributed by atoms with Crippen LogP contribution in [-0.2, 0) is 0 Å². The van der Waals surface area contributed by atoms with Gasteiger partial charge in [0, 0.05) is 35.6 Å². The van der Waals surface area contributed by atoms with E-state index in [0.717, 1.165) is 10.8 Å². The fourth-order valence-electron chi connectivity index (χ4n) is 2.95. The Labute approximate surface area is 122 Å². The first-order valence-electron chi connectivity index (χ1n) is 7.37.